The maximum atomic E-state index is 12.7. The van der Waals surface area contributed by atoms with Crippen molar-refractivity contribution in [3.63, 3.8) is 0 Å². The predicted octanol–water partition coefficient (Wildman–Crippen LogP) is 4.01. The fourth-order valence-corrected chi connectivity index (χ4v) is 1.77. The van der Waals surface area contributed by atoms with Crippen LogP contribution >= 0.6 is 39.1 Å². The zero-order valence-electron chi connectivity index (χ0n) is 6.65. The molecule has 1 N–H and O–H groups in total. The van der Waals surface area contributed by atoms with E-state index in [1.54, 1.807) is 0 Å². The van der Waals surface area contributed by atoms with Gasteiger partial charge in [0.2, 0.25) is 0 Å². The number of aliphatic hydroxyl groups excluding tert-OH is 1. The second kappa shape index (κ2) is 4.31. The maximum absolute atomic E-state index is 12.7. The van der Waals surface area contributed by atoms with Gasteiger partial charge in [-0.05, 0) is 28.1 Å². The van der Waals surface area contributed by atoms with E-state index in [1.807, 2.05) is 15.9 Å². The van der Waals surface area contributed by atoms with Crippen LogP contribution in [0.2, 0.25) is 10.0 Å². The molecule has 0 saturated carbocycles. The van der Waals surface area contributed by atoms with Gasteiger partial charge < -0.3 is 5.11 Å². The van der Waals surface area contributed by atoms with Crippen LogP contribution in [0.25, 0.3) is 0 Å². The van der Waals surface area contributed by atoms with Gasteiger partial charge in [0, 0.05) is 15.6 Å². The van der Waals surface area contributed by atoms with Gasteiger partial charge in [0.1, 0.15) is 0 Å². The molecule has 78 valence electrons. The summed E-state index contributed by atoms with van der Waals surface area (Å²) >= 11 is 13.3. The molecule has 14 heavy (non-hydrogen) atoms. The summed E-state index contributed by atoms with van der Waals surface area (Å²) in [7, 11) is 0. The molecular weight excluding hydrogens is 301 g/mol. The van der Waals surface area contributed by atoms with Crippen LogP contribution in [-0.4, -0.2) is 9.94 Å². The summed E-state index contributed by atoms with van der Waals surface area (Å²) in [5.74, 6) is 0. The molecule has 0 bridgehead atoms. The van der Waals surface area contributed by atoms with E-state index in [0.717, 1.165) is 0 Å². The summed E-state index contributed by atoms with van der Waals surface area (Å²) in [6.07, 6.45) is -2.07. The molecule has 0 amide bonds. The lowest BCUT2D eigenvalue weighted by molar-refractivity contribution is -0.0293. The molecule has 0 spiro atoms. The van der Waals surface area contributed by atoms with Crippen molar-refractivity contribution in [2.75, 3.05) is 0 Å². The van der Waals surface area contributed by atoms with Crippen molar-refractivity contribution < 1.29 is 13.9 Å². The predicted molar refractivity (Wildman–Crippen MR) is 55.3 cm³/mol. The van der Waals surface area contributed by atoms with Crippen LogP contribution in [0.4, 0.5) is 8.78 Å². The van der Waals surface area contributed by atoms with Crippen molar-refractivity contribution in [2.45, 2.75) is 10.9 Å². The molecule has 1 nitrogen and oxygen atoms in total. The smallest absolute Gasteiger partial charge is 0.330 e. The molecule has 0 fully saturated rings. The average Bonchev–Trinajstić information content (AvgIpc) is 2.01. The highest BCUT2D eigenvalue weighted by atomic mass is 79.9. The number of hydrogen-bond donors (Lipinski definition) is 1. The van der Waals surface area contributed by atoms with E-state index in [9.17, 15) is 13.9 Å². The Morgan fingerprint density at radius 3 is 2.07 bits per heavy atom. The van der Waals surface area contributed by atoms with Gasteiger partial charge in [-0.1, -0.05) is 29.3 Å². The van der Waals surface area contributed by atoms with E-state index in [-0.39, 0.29) is 15.6 Å². The van der Waals surface area contributed by atoms with Gasteiger partial charge in [-0.25, -0.2) is 0 Å². The minimum absolute atomic E-state index is 0.00382. The van der Waals surface area contributed by atoms with Crippen LogP contribution in [0, 0.1) is 0 Å². The second-order valence-corrected chi connectivity index (χ2v) is 4.45. The van der Waals surface area contributed by atoms with Crippen LogP contribution in [0.3, 0.4) is 0 Å². The topological polar surface area (TPSA) is 20.2 Å². The summed E-state index contributed by atoms with van der Waals surface area (Å²) < 4.78 is 25.4. The fourth-order valence-electron chi connectivity index (χ4n) is 0.936. The Balaban J connectivity index is 3.19. The maximum Gasteiger partial charge on any atom is 0.330 e. The van der Waals surface area contributed by atoms with Gasteiger partial charge in [-0.15, -0.1) is 0 Å². The Kier molecular flexibility index (Phi) is 3.75. The van der Waals surface area contributed by atoms with Crippen LogP contribution in [0.1, 0.15) is 11.7 Å². The number of rotatable bonds is 2. The quantitative estimate of drug-likeness (QED) is 0.818. The van der Waals surface area contributed by atoms with Gasteiger partial charge >= 0.3 is 4.83 Å². The van der Waals surface area contributed by atoms with E-state index in [0.29, 0.717) is 0 Å². The Labute approximate surface area is 97.8 Å². The number of alkyl halides is 3. The molecule has 0 aromatic heterocycles. The fraction of sp³-hybridized carbons (Fsp3) is 0.250. The first kappa shape index (κ1) is 12.2. The van der Waals surface area contributed by atoms with Gasteiger partial charge in [-0.3, -0.25) is 0 Å². The number of benzene rings is 1. The summed E-state index contributed by atoms with van der Waals surface area (Å²) in [5.41, 5.74) is -0.183. The van der Waals surface area contributed by atoms with Crippen molar-refractivity contribution >= 4 is 39.1 Å². The molecule has 0 heterocycles. The Morgan fingerprint density at radius 1 is 1.29 bits per heavy atom. The number of hydrogen-bond acceptors (Lipinski definition) is 1. The van der Waals surface area contributed by atoms with E-state index in [2.05, 4.69) is 0 Å². The molecule has 1 unspecified atom stereocenters. The lowest BCUT2D eigenvalue weighted by Crippen LogP contribution is -2.19. The normalized spacial score (nSPS) is 14.1. The minimum atomic E-state index is -3.46. The van der Waals surface area contributed by atoms with Crippen LogP contribution in [0.5, 0.6) is 0 Å². The molecule has 1 rings (SSSR count). The second-order valence-electron chi connectivity index (χ2n) is 2.58. The molecule has 1 aromatic carbocycles. The van der Waals surface area contributed by atoms with Crippen LogP contribution in [-0.2, 0) is 0 Å². The number of aliphatic hydroxyl groups is 1. The average molecular weight is 306 g/mol. The number of halogens is 5. The Bertz CT molecular complexity index is 320. The summed E-state index contributed by atoms with van der Waals surface area (Å²) in [5, 5.41) is 9.26. The molecule has 0 aliphatic heterocycles. The van der Waals surface area contributed by atoms with Gasteiger partial charge in [0.05, 0.1) is 0 Å². The highest BCUT2D eigenvalue weighted by Crippen LogP contribution is 2.41. The zero-order chi connectivity index (χ0) is 10.9. The van der Waals surface area contributed by atoms with Crippen LogP contribution < -0.4 is 0 Å². The SMILES string of the molecule is OC(c1c(Cl)cccc1Cl)C(F)(F)Br. The monoisotopic (exact) mass is 304 g/mol. The molecule has 0 saturated heterocycles. The molecule has 0 aliphatic rings. The molecule has 1 atom stereocenters. The molecule has 1 aromatic rings. The van der Waals surface area contributed by atoms with E-state index in [1.165, 1.54) is 18.2 Å². The van der Waals surface area contributed by atoms with Gasteiger partial charge in [0.15, 0.2) is 6.10 Å². The lowest BCUT2D eigenvalue weighted by atomic mass is 10.1. The third kappa shape index (κ3) is 2.57. The first-order valence-corrected chi connectivity index (χ1v) is 5.07. The lowest BCUT2D eigenvalue weighted by Gasteiger charge is -2.18. The van der Waals surface area contributed by atoms with Crippen molar-refractivity contribution in [3.05, 3.63) is 33.8 Å². The first-order chi connectivity index (χ1) is 6.34. The third-order valence-corrected chi connectivity index (χ3v) is 2.68. The molecule has 6 heteroatoms. The third-order valence-electron chi connectivity index (χ3n) is 1.58. The summed E-state index contributed by atoms with van der Waals surface area (Å²) in [6, 6.07) is 4.27. The largest absolute Gasteiger partial charge is 0.381 e. The molecular formula is C8H5BrCl2F2O. The first-order valence-electron chi connectivity index (χ1n) is 3.52. The van der Waals surface area contributed by atoms with Crippen LogP contribution in [0.15, 0.2) is 18.2 Å². The van der Waals surface area contributed by atoms with E-state index < -0.39 is 10.9 Å². The van der Waals surface area contributed by atoms with Crippen molar-refractivity contribution in [3.8, 4) is 0 Å². The molecule has 0 radical (unpaired) electrons. The van der Waals surface area contributed by atoms with Gasteiger partial charge in [-0.2, -0.15) is 8.78 Å². The van der Waals surface area contributed by atoms with Crippen molar-refractivity contribution in [1.29, 1.82) is 0 Å². The Morgan fingerprint density at radius 2 is 1.71 bits per heavy atom. The van der Waals surface area contributed by atoms with E-state index in [4.69, 9.17) is 23.2 Å². The molecule has 0 aliphatic carbocycles. The van der Waals surface area contributed by atoms with Gasteiger partial charge in [0.25, 0.3) is 0 Å². The standard InChI is InChI=1S/C8H5BrCl2F2O/c9-8(12,13)7(14)6-4(10)2-1-3-5(6)11/h1-3,7,14H. The zero-order valence-corrected chi connectivity index (χ0v) is 9.74. The Hall–Kier alpha value is 0.1000. The van der Waals surface area contributed by atoms with Crippen molar-refractivity contribution in [2.24, 2.45) is 0 Å². The van der Waals surface area contributed by atoms with E-state index >= 15 is 0 Å². The summed E-state index contributed by atoms with van der Waals surface area (Å²) in [4.78, 5) is -3.46. The highest BCUT2D eigenvalue weighted by Gasteiger charge is 2.38. The van der Waals surface area contributed by atoms with Crippen molar-refractivity contribution in [1.82, 2.24) is 0 Å². The summed E-state index contributed by atoms with van der Waals surface area (Å²) in [6.45, 7) is 0. The minimum Gasteiger partial charge on any atom is -0.381 e. The highest BCUT2D eigenvalue weighted by molar-refractivity contribution is 9.10.